The number of ether oxygens (including phenoxy) is 3. The lowest BCUT2D eigenvalue weighted by atomic mass is 10.1. The molecule has 2 N–H and O–H groups in total. The Kier molecular flexibility index (Phi) is 7.84. The Morgan fingerprint density at radius 3 is 2.74 bits per heavy atom. The molecule has 4 rings (SSSR count). The predicted octanol–water partition coefficient (Wildman–Crippen LogP) is 4.89. The average Bonchev–Trinajstić information content (AvgIpc) is 3.38. The van der Waals surface area contributed by atoms with Gasteiger partial charge in [-0.25, -0.2) is 9.48 Å². The Hall–Kier alpha value is -4.05. The van der Waals surface area contributed by atoms with E-state index in [1.807, 2.05) is 13.0 Å². The molecule has 0 aliphatic rings. The molecular weight excluding hydrogens is 472 g/mol. The maximum atomic E-state index is 11.9. The van der Waals surface area contributed by atoms with Gasteiger partial charge >= 0.3 is 6.03 Å². The minimum Gasteiger partial charge on any atom is -0.493 e. The standard InChI is InChI=1S/C24H25ClN6O4/c1-3-7-27-24(32)29-19-5-4-16(13-18(19)25)35-21-6-8-26-20-15-23(22(33-2)14-17(20)21)34-12-11-31-10-9-28-30-31/h4-6,8-10,13-15H,3,7,11-12H2,1-2H3,(H2,27,29,32). The molecule has 182 valence electrons. The SMILES string of the molecule is CCCNC(=O)Nc1ccc(Oc2ccnc3cc(OCCn4ccnn4)c(OC)cc23)cc1Cl. The third kappa shape index (κ3) is 6.10. The van der Waals surface area contributed by atoms with Crippen molar-refractivity contribution in [2.45, 2.75) is 19.9 Å². The molecule has 2 heterocycles. The molecule has 11 heteroatoms. The zero-order valence-electron chi connectivity index (χ0n) is 19.3. The number of rotatable bonds is 10. The molecule has 0 saturated heterocycles. The van der Waals surface area contributed by atoms with Crippen LogP contribution in [0.5, 0.6) is 23.0 Å². The Morgan fingerprint density at radius 2 is 2.00 bits per heavy atom. The molecule has 0 unspecified atom stereocenters. The molecule has 2 aromatic carbocycles. The van der Waals surface area contributed by atoms with Crippen LogP contribution in [0.4, 0.5) is 10.5 Å². The van der Waals surface area contributed by atoms with E-state index in [0.717, 1.165) is 11.8 Å². The van der Waals surface area contributed by atoms with E-state index < -0.39 is 0 Å². The van der Waals surface area contributed by atoms with Crippen molar-refractivity contribution < 1.29 is 19.0 Å². The van der Waals surface area contributed by atoms with Crippen LogP contribution in [-0.4, -0.2) is 46.3 Å². The molecule has 0 aliphatic heterocycles. The topological polar surface area (TPSA) is 112 Å². The van der Waals surface area contributed by atoms with E-state index in [1.165, 1.54) is 0 Å². The van der Waals surface area contributed by atoms with Crippen LogP contribution in [0.1, 0.15) is 13.3 Å². The van der Waals surface area contributed by atoms with Crippen molar-refractivity contribution in [3.05, 3.63) is 60.0 Å². The summed E-state index contributed by atoms with van der Waals surface area (Å²) < 4.78 is 19.2. The summed E-state index contributed by atoms with van der Waals surface area (Å²) >= 11 is 6.36. The summed E-state index contributed by atoms with van der Waals surface area (Å²) in [5.41, 5.74) is 1.16. The van der Waals surface area contributed by atoms with Gasteiger partial charge in [0.25, 0.3) is 0 Å². The minimum absolute atomic E-state index is 0.311. The summed E-state index contributed by atoms with van der Waals surface area (Å²) in [6.07, 6.45) is 5.87. The first-order valence-corrected chi connectivity index (χ1v) is 11.4. The van der Waals surface area contributed by atoms with Gasteiger partial charge in [0.05, 0.1) is 36.1 Å². The van der Waals surface area contributed by atoms with Gasteiger partial charge in [0.1, 0.15) is 18.1 Å². The first-order chi connectivity index (χ1) is 17.1. The quantitative estimate of drug-likeness (QED) is 0.321. The molecule has 0 radical (unpaired) electrons. The van der Waals surface area contributed by atoms with Crippen LogP contribution in [0.25, 0.3) is 10.9 Å². The van der Waals surface area contributed by atoms with E-state index in [2.05, 4.69) is 25.9 Å². The lowest BCUT2D eigenvalue weighted by molar-refractivity contribution is 0.252. The molecule has 2 amide bonds. The molecular formula is C24H25ClN6O4. The average molecular weight is 497 g/mol. The number of amides is 2. The number of hydrogen-bond donors (Lipinski definition) is 2. The van der Waals surface area contributed by atoms with Crippen molar-refractivity contribution >= 4 is 34.2 Å². The number of aromatic nitrogens is 4. The predicted molar refractivity (Wildman–Crippen MR) is 133 cm³/mol. The first kappa shape index (κ1) is 24.1. The monoisotopic (exact) mass is 496 g/mol. The van der Waals surface area contributed by atoms with Crippen LogP contribution in [-0.2, 0) is 6.54 Å². The van der Waals surface area contributed by atoms with Crippen LogP contribution in [0, 0.1) is 0 Å². The zero-order valence-corrected chi connectivity index (χ0v) is 20.1. The van der Waals surface area contributed by atoms with Crippen molar-refractivity contribution in [3.8, 4) is 23.0 Å². The zero-order chi connectivity index (χ0) is 24.6. The number of methoxy groups -OCH3 is 1. The van der Waals surface area contributed by atoms with Crippen molar-refractivity contribution in [2.24, 2.45) is 0 Å². The summed E-state index contributed by atoms with van der Waals surface area (Å²) in [7, 11) is 1.57. The van der Waals surface area contributed by atoms with Crippen LogP contribution < -0.4 is 24.8 Å². The normalized spacial score (nSPS) is 10.7. The van der Waals surface area contributed by atoms with Crippen LogP contribution in [0.3, 0.4) is 0 Å². The fourth-order valence-corrected chi connectivity index (χ4v) is 3.50. The second kappa shape index (κ2) is 11.4. The number of nitrogens with zero attached hydrogens (tertiary/aromatic N) is 4. The number of anilines is 1. The molecule has 0 spiro atoms. The second-order valence-electron chi connectivity index (χ2n) is 7.47. The summed E-state index contributed by atoms with van der Waals surface area (Å²) in [6.45, 7) is 3.49. The maximum absolute atomic E-state index is 11.9. The van der Waals surface area contributed by atoms with Gasteiger partial charge in [-0.2, -0.15) is 0 Å². The van der Waals surface area contributed by atoms with E-state index in [9.17, 15) is 4.79 Å². The van der Waals surface area contributed by atoms with Gasteiger partial charge in [-0.1, -0.05) is 23.7 Å². The van der Waals surface area contributed by atoms with Gasteiger partial charge in [-0.3, -0.25) is 4.98 Å². The molecule has 10 nitrogen and oxygen atoms in total. The number of fused-ring (bicyclic) bond motifs is 1. The fraction of sp³-hybridized carbons (Fsp3) is 0.250. The van der Waals surface area contributed by atoms with Crippen molar-refractivity contribution in [1.29, 1.82) is 0 Å². The van der Waals surface area contributed by atoms with Crippen molar-refractivity contribution in [3.63, 3.8) is 0 Å². The van der Waals surface area contributed by atoms with Crippen molar-refractivity contribution in [1.82, 2.24) is 25.3 Å². The highest BCUT2D eigenvalue weighted by Crippen LogP contribution is 2.38. The van der Waals surface area contributed by atoms with E-state index in [0.29, 0.717) is 58.9 Å². The number of pyridine rings is 1. The smallest absolute Gasteiger partial charge is 0.319 e. The molecule has 0 atom stereocenters. The fourth-order valence-electron chi connectivity index (χ4n) is 3.28. The highest BCUT2D eigenvalue weighted by atomic mass is 35.5. The van der Waals surface area contributed by atoms with Gasteiger partial charge in [-0.05, 0) is 30.7 Å². The van der Waals surface area contributed by atoms with Gasteiger partial charge in [0.15, 0.2) is 11.5 Å². The molecule has 4 aromatic rings. The molecule has 2 aromatic heterocycles. The number of carbonyl (C=O) groups is 1. The van der Waals surface area contributed by atoms with Crippen molar-refractivity contribution in [2.75, 3.05) is 25.6 Å². The van der Waals surface area contributed by atoms with Crippen LogP contribution >= 0.6 is 11.6 Å². The van der Waals surface area contributed by atoms with E-state index in [-0.39, 0.29) is 6.03 Å². The van der Waals surface area contributed by atoms with E-state index >= 15 is 0 Å². The van der Waals surface area contributed by atoms with Gasteiger partial charge in [-0.15, -0.1) is 5.10 Å². The number of benzene rings is 2. The summed E-state index contributed by atoms with van der Waals surface area (Å²) in [6, 6.07) is 10.1. The summed E-state index contributed by atoms with van der Waals surface area (Å²) in [5, 5.41) is 14.3. The van der Waals surface area contributed by atoms with Gasteiger partial charge in [0, 0.05) is 36.5 Å². The van der Waals surface area contributed by atoms with E-state index in [1.54, 1.807) is 60.7 Å². The summed E-state index contributed by atoms with van der Waals surface area (Å²) in [5.74, 6) is 2.18. The molecule has 0 bridgehead atoms. The third-order valence-corrected chi connectivity index (χ3v) is 5.30. The largest absolute Gasteiger partial charge is 0.493 e. The van der Waals surface area contributed by atoms with Crippen LogP contribution in [0.15, 0.2) is 55.0 Å². The molecule has 0 saturated carbocycles. The second-order valence-corrected chi connectivity index (χ2v) is 7.88. The third-order valence-electron chi connectivity index (χ3n) is 4.99. The Labute approximate surface area is 207 Å². The summed E-state index contributed by atoms with van der Waals surface area (Å²) in [4.78, 5) is 16.4. The molecule has 35 heavy (non-hydrogen) atoms. The van der Waals surface area contributed by atoms with Crippen LogP contribution in [0.2, 0.25) is 5.02 Å². The number of nitrogens with one attached hydrogen (secondary N) is 2. The molecule has 0 aliphatic carbocycles. The Morgan fingerprint density at radius 1 is 1.11 bits per heavy atom. The number of urea groups is 1. The maximum Gasteiger partial charge on any atom is 0.319 e. The first-order valence-electron chi connectivity index (χ1n) is 11.0. The lowest BCUT2D eigenvalue weighted by Crippen LogP contribution is -2.29. The van der Waals surface area contributed by atoms with Gasteiger partial charge < -0.3 is 24.8 Å². The lowest BCUT2D eigenvalue weighted by Gasteiger charge is -2.14. The highest BCUT2D eigenvalue weighted by Gasteiger charge is 2.13. The van der Waals surface area contributed by atoms with E-state index in [4.69, 9.17) is 25.8 Å². The molecule has 0 fully saturated rings. The minimum atomic E-state index is -0.311. The Bertz CT molecular complexity index is 1300. The van der Waals surface area contributed by atoms with Gasteiger partial charge in [0.2, 0.25) is 0 Å². The number of halogens is 1. The highest BCUT2D eigenvalue weighted by molar-refractivity contribution is 6.33. The Balaban J connectivity index is 1.51. The number of hydrogen-bond acceptors (Lipinski definition) is 7. The number of carbonyl (C=O) groups excluding carboxylic acids is 1.